The third kappa shape index (κ3) is 3.05. The Morgan fingerprint density at radius 2 is 1.91 bits per heavy atom. The molecule has 0 aromatic heterocycles. The highest BCUT2D eigenvalue weighted by atomic mass is 35.5. The van der Waals surface area contributed by atoms with E-state index in [1.807, 2.05) is 0 Å². The normalized spacial score (nSPS) is 17.8. The number of alkyl halides is 3. The number of hydrogen-bond donors (Lipinski definition) is 2. The van der Waals surface area contributed by atoms with Crippen LogP contribution in [0.5, 0.6) is 5.75 Å². The summed E-state index contributed by atoms with van der Waals surface area (Å²) in [6, 6.07) is 3.28. The smallest absolute Gasteiger partial charge is 0.419 e. The number of ether oxygens (including phenoxy) is 1. The van der Waals surface area contributed by atoms with Gasteiger partial charge in [-0.25, -0.2) is 0 Å². The van der Waals surface area contributed by atoms with Crippen molar-refractivity contribution in [1.29, 1.82) is 0 Å². The molecule has 0 fully saturated rings. The number of fused-ring (bicyclic) bond motifs is 1. The Morgan fingerprint density at radius 1 is 1.27 bits per heavy atom. The molecule has 1 atom stereocenters. The lowest BCUT2D eigenvalue weighted by Crippen LogP contribution is -2.52. The first-order valence-electron chi connectivity index (χ1n) is 6.86. The highest BCUT2D eigenvalue weighted by molar-refractivity contribution is 6.30. The van der Waals surface area contributed by atoms with E-state index in [2.05, 4.69) is 0 Å². The molecule has 1 heterocycles. The van der Waals surface area contributed by atoms with Gasteiger partial charge < -0.3 is 14.9 Å². The summed E-state index contributed by atoms with van der Waals surface area (Å²) in [5.41, 5.74) is -2.92. The fourth-order valence-electron chi connectivity index (χ4n) is 2.84. The lowest BCUT2D eigenvalue weighted by Gasteiger charge is -2.37. The van der Waals surface area contributed by atoms with Crippen molar-refractivity contribution in [1.82, 2.24) is 0 Å². The molecule has 2 rings (SSSR count). The van der Waals surface area contributed by atoms with Crippen LogP contribution in [0.25, 0.3) is 0 Å². The Bertz CT molecular complexity index is 572. The van der Waals surface area contributed by atoms with Gasteiger partial charge in [0.15, 0.2) is 5.60 Å². The van der Waals surface area contributed by atoms with Crippen LogP contribution in [0.3, 0.4) is 0 Å². The lowest BCUT2D eigenvalue weighted by molar-refractivity contribution is -0.277. The molecular weight excluding hydrogens is 321 g/mol. The van der Waals surface area contributed by atoms with Crippen LogP contribution in [0.15, 0.2) is 12.1 Å². The minimum Gasteiger partial charge on any atom is -0.493 e. The summed E-state index contributed by atoms with van der Waals surface area (Å²) in [5, 5.41) is 19.3. The number of rotatable bonds is 4. The monoisotopic (exact) mass is 338 g/mol. The van der Waals surface area contributed by atoms with E-state index in [1.165, 1.54) is 0 Å². The SMILES string of the molecule is CC(C)(CC(O)(CO)C(F)(F)F)c1cc(Cl)cc2c1OCC2. The van der Waals surface area contributed by atoms with E-state index in [9.17, 15) is 18.3 Å². The van der Waals surface area contributed by atoms with Crippen LogP contribution in [0, 0.1) is 0 Å². The quantitative estimate of drug-likeness (QED) is 0.886. The molecule has 2 N–H and O–H groups in total. The van der Waals surface area contributed by atoms with Crippen molar-refractivity contribution in [3.8, 4) is 5.75 Å². The fraction of sp³-hybridized carbons (Fsp3) is 0.600. The molecule has 1 aromatic carbocycles. The molecule has 7 heteroatoms. The summed E-state index contributed by atoms with van der Waals surface area (Å²) in [4.78, 5) is 0. The molecule has 0 spiro atoms. The van der Waals surface area contributed by atoms with Crippen molar-refractivity contribution in [3.63, 3.8) is 0 Å². The number of benzene rings is 1. The molecule has 1 aliphatic heterocycles. The lowest BCUT2D eigenvalue weighted by atomic mass is 9.74. The molecule has 1 unspecified atom stereocenters. The zero-order chi connectivity index (χ0) is 16.8. The topological polar surface area (TPSA) is 49.7 Å². The van der Waals surface area contributed by atoms with Gasteiger partial charge in [-0.15, -0.1) is 0 Å². The molecule has 124 valence electrons. The van der Waals surface area contributed by atoms with Gasteiger partial charge in [0.2, 0.25) is 0 Å². The Labute approximate surface area is 131 Å². The standard InChI is InChI=1S/C15H18ClF3O3/c1-13(2,7-14(21,8-20)15(17,18)19)11-6-10(16)5-9-3-4-22-12(9)11/h5-6,20-21H,3-4,7-8H2,1-2H3. The maximum Gasteiger partial charge on any atom is 0.419 e. The highest BCUT2D eigenvalue weighted by Gasteiger charge is 2.56. The van der Waals surface area contributed by atoms with Crippen LogP contribution in [0.4, 0.5) is 13.2 Å². The Morgan fingerprint density at radius 3 is 2.45 bits per heavy atom. The molecule has 0 bridgehead atoms. The van der Waals surface area contributed by atoms with Crippen LogP contribution in [-0.2, 0) is 11.8 Å². The summed E-state index contributed by atoms with van der Waals surface area (Å²) >= 11 is 6.04. The van der Waals surface area contributed by atoms with Crippen molar-refractivity contribution in [2.24, 2.45) is 0 Å². The van der Waals surface area contributed by atoms with Crippen LogP contribution in [0.1, 0.15) is 31.4 Å². The number of aliphatic hydroxyl groups is 2. The first-order chi connectivity index (χ1) is 10.00. The van der Waals surface area contributed by atoms with E-state index in [1.54, 1.807) is 26.0 Å². The average molecular weight is 339 g/mol. The van der Waals surface area contributed by atoms with Gasteiger partial charge in [0.25, 0.3) is 0 Å². The Kier molecular flexibility index (Phi) is 4.41. The maximum absolute atomic E-state index is 13.0. The minimum atomic E-state index is -4.93. The summed E-state index contributed by atoms with van der Waals surface area (Å²) in [7, 11) is 0. The third-order valence-corrected chi connectivity index (χ3v) is 4.22. The van der Waals surface area contributed by atoms with Crippen LogP contribution < -0.4 is 4.74 Å². The van der Waals surface area contributed by atoms with Crippen LogP contribution in [-0.4, -0.2) is 35.2 Å². The van der Waals surface area contributed by atoms with E-state index in [4.69, 9.17) is 21.4 Å². The van der Waals surface area contributed by atoms with Crippen molar-refractivity contribution in [2.45, 2.75) is 43.9 Å². The van der Waals surface area contributed by atoms with E-state index in [0.29, 0.717) is 29.4 Å². The molecule has 0 radical (unpaired) electrons. The predicted octanol–water partition coefficient (Wildman–Crippen LogP) is 3.23. The largest absolute Gasteiger partial charge is 0.493 e. The molecule has 0 saturated carbocycles. The number of aliphatic hydroxyl groups excluding tert-OH is 1. The molecule has 0 amide bonds. The summed E-state index contributed by atoms with van der Waals surface area (Å²) < 4.78 is 44.6. The molecule has 0 saturated heterocycles. The van der Waals surface area contributed by atoms with Crippen molar-refractivity contribution < 1.29 is 28.1 Å². The van der Waals surface area contributed by atoms with Crippen LogP contribution >= 0.6 is 11.6 Å². The second-order valence-electron chi connectivity index (χ2n) is 6.29. The maximum atomic E-state index is 13.0. The van der Waals surface area contributed by atoms with E-state index in [-0.39, 0.29) is 0 Å². The van der Waals surface area contributed by atoms with E-state index in [0.717, 1.165) is 5.56 Å². The summed E-state index contributed by atoms with van der Waals surface area (Å²) in [6.45, 7) is 2.17. The molecular formula is C15H18ClF3O3. The second kappa shape index (κ2) is 5.58. The molecule has 1 aromatic rings. The Balaban J connectivity index is 2.43. The van der Waals surface area contributed by atoms with Crippen molar-refractivity contribution in [2.75, 3.05) is 13.2 Å². The second-order valence-corrected chi connectivity index (χ2v) is 6.72. The summed E-state index contributed by atoms with van der Waals surface area (Å²) in [6.07, 6.45) is -4.99. The van der Waals surface area contributed by atoms with Gasteiger partial charge in [-0.05, 0) is 29.5 Å². The molecule has 3 nitrogen and oxygen atoms in total. The van der Waals surface area contributed by atoms with Gasteiger partial charge in [-0.3, -0.25) is 0 Å². The van der Waals surface area contributed by atoms with Gasteiger partial charge in [-0.1, -0.05) is 25.4 Å². The zero-order valence-corrected chi connectivity index (χ0v) is 13.1. The van der Waals surface area contributed by atoms with Gasteiger partial charge in [0.1, 0.15) is 5.75 Å². The first-order valence-corrected chi connectivity index (χ1v) is 7.24. The minimum absolute atomic E-state index is 0.409. The van der Waals surface area contributed by atoms with Gasteiger partial charge in [0.05, 0.1) is 13.2 Å². The van der Waals surface area contributed by atoms with Gasteiger partial charge in [0, 0.05) is 17.0 Å². The number of hydrogen-bond acceptors (Lipinski definition) is 3. The van der Waals surface area contributed by atoms with E-state index >= 15 is 0 Å². The van der Waals surface area contributed by atoms with Gasteiger partial charge in [-0.2, -0.15) is 13.2 Å². The summed E-state index contributed by atoms with van der Waals surface area (Å²) in [5.74, 6) is 0.525. The average Bonchev–Trinajstić information content (AvgIpc) is 2.83. The molecule has 22 heavy (non-hydrogen) atoms. The molecule has 1 aliphatic rings. The fourth-order valence-corrected chi connectivity index (χ4v) is 3.08. The van der Waals surface area contributed by atoms with Crippen LogP contribution in [0.2, 0.25) is 5.02 Å². The highest BCUT2D eigenvalue weighted by Crippen LogP contribution is 2.46. The van der Waals surface area contributed by atoms with Gasteiger partial charge >= 0.3 is 6.18 Å². The van der Waals surface area contributed by atoms with E-state index < -0.39 is 30.2 Å². The Hall–Kier alpha value is -0.980. The third-order valence-electron chi connectivity index (χ3n) is 4.00. The zero-order valence-electron chi connectivity index (χ0n) is 12.3. The van der Waals surface area contributed by atoms with Crippen molar-refractivity contribution >= 4 is 11.6 Å². The predicted molar refractivity (Wildman–Crippen MR) is 76.4 cm³/mol. The number of halogens is 4. The first kappa shape index (κ1) is 17.4. The van der Waals surface area contributed by atoms with Crippen molar-refractivity contribution in [3.05, 3.63) is 28.3 Å². The molecule has 0 aliphatic carbocycles.